The highest BCUT2D eigenvalue weighted by Gasteiger charge is 2.27. The molecule has 1 atom stereocenters. The number of carbonyl (C=O) groups excluding carboxylic acids is 3. The van der Waals surface area contributed by atoms with Gasteiger partial charge in [0.15, 0.2) is 0 Å². The van der Waals surface area contributed by atoms with Crippen molar-refractivity contribution >= 4 is 34.9 Å². The fraction of sp³-hybridized carbons (Fsp3) is 0.444. The number of benzene rings is 1. The number of amides is 1. The van der Waals surface area contributed by atoms with E-state index in [0.29, 0.717) is 0 Å². The SMILES string of the molecule is CC(=O)Cl.CC(C)(C)OC(=O)N[C@@H](CC(=O)O)C(=O)OCc1ccccc1. The molecule has 0 saturated carbocycles. The predicted molar refractivity (Wildman–Crippen MR) is 98.2 cm³/mol. The number of carbonyl (C=O) groups is 4. The molecule has 27 heavy (non-hydrogen) atoms. The van der Waals surface area contributed by atoms with Gasteiger partial charge < -0.3 is 19.9 Å². The second-order valence-electron chi connectivity index (χ2n) is 6.36. The molecular weight excluding hydrogens is 378 g/mol. The number of rotatable bonds is 6. The van der Waals surface area contributed by atoms with Crippen LogP contribution in [0.4, 0.5) is 4.79 Å². The van der Waals surface area contributed by atoms with E-state index in [1.54, 1.807) is 45.0 Å². The fourth-order valence-corrected chi connectivity index (χ4v) is 1.65. The van der Waals surface area contributed by atoms with Crippen molar-refractivity contribution in [2.75, 3.05) is 0 Å². The molecule has 1 amide bonds. The maximum absolute atomic E-state index is 12.0. The van der Waals surface area contributed by atoms with Crippen molar-refractivity contribution < 1.29 is 33.8 Å². The first-order chi connectivity index (χ1) is 12.4. The molecule has 1 aromatic carbocycles. The smallest absolute Gasteiger partial charge is 0.408 e. The van der Waals surface area contributed by atoms with E-state index in [2.05, 4.69) is 16.9 Å². The van der Waals surface area contributed by atoms with Crippen LogP contribution in [0.3, 0.4) is 0 Å². The van der Waals surface area contributed by atoms with Crippen LogP contribution >= 0.6 is 11.6 Å². The highest BCUT2D eigenvalue weighted by atomic mass is 35.5. The van der Waals surface area contributed by atoms with Gasteiger partial charge in [-0.25, -0.2) is 9.59 Å². The van der Waals surface area contributed by atoms with E-state index in [0.717, 1.165) is 5.56 Å². The lowest BCUT2D eigenvalue weighted by molar-refractivity contribution is -0.151. The van der Waals surface area contributed by atoms with Crippen LogP contribution in [-0.4, -0.2) is 40.0 Å². The van der Waals surface area contributed by atoms with Gasteiger partial charge in [-0.15, -0.1) is 0 Å². The van der Waals surface area contributed by atoms with Gasteiger partial charge in [0.2, 0.25) is 5.24 Å². The number of hydrogen-bond acceptors (Lipinski definition) is 6. The standard InChI is InChI=1S/C16H21NO6.C2H3ClO/c1-16(2,3)23-15(21)17-12(9-13(18)19)14(20)22-10-11-7-5-4-6-8-11;1-2(3)4/h4-8,12H,9-10H2,1-3H3,(H,17,21)(H,18,19);1H3/t12-;/m0./s1. The van der Waals surface area contributed by atoms with Gasteiger partial charge in [-0.2, -0.15) is 0 Å². The summed E-state index contributed by atoms with van der Waals surface area (Å²) in [7, 11) is 0. The van der Waals surface area contributed by atoms with Crippen LogP contribution in [0.5, 0.6) is 0 Å². The van der Waals surface area contributed by atoms with E-state index in [9.17, 15) is 19.2 Å². The summed E-state index contributed by atoms with van der Waals surface area (Å²) in [6.45, 7) is 6.26. The zero-order valence-electron chi connectivity index (χ0n) is 15.7. The molecule has 0 aromatic heterocycles. The maximum atomic E-state index is 12.0. The van der Waals surface area contributed by atoms with Crippen molar-refractivity contribution in [3.63, 3.8) is 0 Å². The van der Waals surface area contributed by atoms with Crippen molar-refractivity contribution in [1.82, 2.24) is 5.32 Å². The zero-order valence-corrected chi connectivity index (χ0v) is 16.4. The van der Waals surface area contributed by atoms with Gasteiger partial charge in [-0.3, -0.25) is 9.59 Å². The quantitative estimate of drug-likeness (QED) is 0.555. The maximum Gasteiger partial charge on any atom is 0.408 e. The van der Waals surface area contributed by atoms with Gasteiger partial charge in [-0.05, 0) is 37.9 Å². The highest BCUT2D eigenvalue weighted by Crippen LogP contribution is 2.08. The minimum absolute atomic E-state index is 0.00814. The van der Waals surface area contributed by atoms with Crippen LogP contribution in [0, 0.1) is 0 Å². The Bertz CT molecular complexity index is 637. The Morgan fingerprint density at radius 1 is 1.15 bits per heavy atom. The van der Waals surface area contributed by atoms with Crippen molar-refractivity contribution in [3.05, 3.63) is 35.9 Å². The molecular formula is C18H24ClNO7. The van der Waals surface area contributed by atoms with E-state index in [4.69, 9.17) is 14.6 Å². The Labute approximate surface area is 162 Å². The van der Waals surface area contributed by atoms with Crippen molar-refractivity contribution in [1.29, 1.82) is 0 Å². The van der Waals surface area contributed by atoms with Crippen LogP contribution in [0.25, 0.3) is 0 Å². The van der Waals surface area contributed by atoms with E-state index in [1.165, 1.54) is 6.92 Å². The zero-order chi connectivity index (χ0) is 21.0. The van der Waals surface area contributed by atoms with Crippen molar-refractivity contribution in [2.24, 2.45) is 0 Å². The van der Waals surface area contributed by atoms with Gasteiger partial charge in [-0.1, -0.05) is 30.3 Å². The summed E-state index contributed by atoms with van der Waals surface area (Å²) < 4.78 is 10.1. The average molecular weight is 402 g/mol. The summed E-state index contributed by atoms with van der Waals surface area (Å²) >= 11 is 4.64. The Balaban J connectivity index is 0.00000153. The first-order valence-electron chi connectivity index (χ1n) is 7.98. The van der Waals surface area contributed by atoms with Gasteiger partial charge in [0.05, 0.1) is 6.42 Å². The number of esters is 1. The molecule has 0 fully saturated rings. The summed E-state index contributed by atoms with van der Waals surface area (Å²) in [5.41, 5.74) is -0.00147. The number of nitrogens with one attached hydrogen (secondary N) is 1. The van der Waals surface area contributed by atoms with Crippen LogP contribution in [0.2, 0.25) is 0 Å². The normalized spacial score (nSPS) is 11.3. The number of carboxylic acid groups (broad SMARTS) is 1. The molecule has 1 rings (SSSR count). The first kappa shape index (κ1) is 24.4. The molecule has 0 aliphatic rings. The number of carboxylic acids is 1. The molecule has 9 heteroatoms. The van der Waals surface area contributed by atoms with Gasteiger partial charge in [0, 0.05) is 6.92 Å². The van der Waals surface area contributed by atoms with Crippen molar-refractivity contribution in [2.45, 2.75) is 52.4 Å². The molecule has 0 unspecified atom stereocenters. The largest absolute Gasteiger partial charge is 0.481 e. The second kappa shape index (κ2) is 11.9. The number of halogens is 1. The average Bonchev–Trinajstić information content (AvgIpc) is 2.50. The van der Waals surface area contributed by atoms with E-state index in [-0.39, 0.29) is 11.8 Å². The molecule has 8 nitrogen and oxygen atoms in total. The molecule has 1 aromatic rings. The molecule has 0 spiro atoms. The minimum atomic E-state index is -1.31. The number of alkyl carbamates (subject to hydrolysis) is 1. The van der Waals surface area contributed by atoms with Crippen LogP contribution < -0.4 is 5.32 Å². The number of ether oxygens (including phenoxy) is 2. The second-order valence-corrected chi connectivity index (χ2v) is 6.89. The summed E-state index contributed by atoms with van der Waals surface area (Å²) in [6, 6.07) is 7.61. The summed E-state index contributed by atoms with van der Waals surface area (Å²) in [5, 5.41) is 10.7. The Morgan fingerprint density at radius 3 is 2.11 bits per heavy atom. The van der Waals surface area contributed by atoms with Gasteiger partial charge in [0.25, 0.3) is 0 Å². The molecule has 0 bridgehead atoms. The van der Waals surface area contributed by atoms with E-state index >= 15 is 0 Å². The molecule has 2 N–H and O–H groups in total. The molecule has 0 radical (unpaired) electrons. The lowest BCUT2D eigenvalue weighted by Gasteiger charge is -2.22. The summed E-state index contributed by atoms with van der Waals surface area (Å²) in [6.07, 6.45) is -1.47. The minimum Gasteiger partial charge on any atom is -0.481 e. The molecule has 0 saturated heterocycles. The van der Waals surface area contributed by atoms with E-state index in [1.807, 2.05) is 6.07 Å². The predicted octanol–water partition coefficient (Wildman–Crippen LogP) is 2.87. The topological polar surface area (TPSA) is 119 Å². The molecule has 0 aliphatic heterocycles. The number of aliphatic carboxylic acids is 1. The Kier molecular flexibility index (Phi) is 10.7. The van der Waals surface area contributed by atoms with Gasteiger partial charge in [0.1, 0.15) is 18.2 Å². The molecule has 0 heterocycles. The third-order valence-electron chi connectivity index (χ3n) is 2.58. The third kappa shape index (κ3) is 14.3. The molecule has 0 aliphatic carbocycles. The van der Waals surface area contributed by atoms with Crippen LogP contribution in [-0.2, 0) is 30.5 Å². The highest BCUT2D eigenvalue weighted by molar-refractivity contribution is 6.62. The molecule has 150 valence electrons. The first-order valence-corrected chi connectivity index (χ1v) is 8.36. The van der Waals surface area contributed by atoms with Crippen LogP contribution in [0.1, 0.15) is 39.7 Å². The third-order valence-corrected chi connectivity index (χ3v) is 2.58. The fourth-order valence-electron chi connectivity index (χ4n) is 1.65. The lowest BCUT2D eigenvalue weighted by Crippen LogP contribution is -2.45. The summed E-state index contributed by atoms with van der Waals surface area (Å²) in [4.78, 5) is 43.8. The summed E-state index contributed by atoms with van der Waals surface area (Å²) in [5.74, 6) is -2.06. The van der Waals surface area contributed by atoms with Crippen LogP contribution in [0.15, 0.2) is 30.3 Å². The monoisotopic (exact) mass is 401 g/mol. The number of hydrogen-bond donors (Lipinski definition) is 2. The Hall–Kier alpha value is -2.61. The van der Waals surface area contributed by atoms with Gasteiger partial charge >= 0.3 is 18.0 Å². The lowest BCUT2D eigenvalue weighted by atomic mass is 10.2. The van der Waals surface area contributed by atoms with E-state index < -0.39 is 36.1 Å². The van der Waals surface area contributed by atoms with Crippen molar-refractivity contribution in [3.8, 4) is 0 Å². The Morgan fingerprint density at radius 2 is 1.67 bits per heavy atom.